The van der Waals surface area contributed by atoms with E-state index in [1.54, 1.807) is 0 Å². The summed E-state index contributed by atoms with van der Waals surface area (Å²) in [6.07, 6.45) is 0. The highest BCUT2D eigenvalue weighted by Crippen LogP contribution is 2.46. The number of para-hydroxylation sites is 7. The third-order valence-electron chi connectivity index (χ3n) is 26.5. The average molecular weight is 1890 g/mol. The Hall–Kier alpha value is -18.6. The molecule has 0 amide bonds. The van der Waals surface area contributed by atoms with Crippen LogP contribution in [0.1, 0.15) is 33.4 Å². The highest BCUT2D eigenvalue weighted by atomic mass is 15.2. The number of aryl methyl sites for hydroxylation is 6. The third-order valence-corrected chi connectivity index (χ3v) is 26.5. The molecule has 0 saturated carbocycles. The zero-order valence-electron chi connectivity index (χ0n) is 83.9. The number of hydrogen-bond acceptors (Lipinski definition) is 6. The van der Waals surface area contributed by atoms with Crippen LogP contribution in [0.4, 0.5) is 102 Å². The molecule has 23 rings (SSSR count). The minimum absolute atomic E-state index is 0.309. The fourth-order valence-electron chi connectivity index (χ4n) is 19.0. The van der Waals surface area contributed by atoms with Crippen molar-refractivity contribution in [3.8, 4) is 22.3 Å². The molecule has 0 aromatic heterocycles. The van der Waals surface area contributed by atoms with Gasteiger partial charge in [-0.3, -0.25) is 0 Å². The van der Waals surface area contributed by atoms with Crippen LogP contribution in [0.25, 0.3) is 43.8 Å². The van der Waals surface area contributed by atoms with Gasteiger partial charge < -0.3 is 29.4 Å². The molecule has 0 aliphatic rings. The molecule has 0 saturated heterocycles. The van der Waals surface area contributed by atoms with E-state index in [1.165, 1.54) is 133 Å². The van der Waals surface area contributed by atoms with Gasteiger partial charge in [-0.25, -0.2) is 0 Å². The number of fused-ring (bicyclic) bond motifs is 2. The average Bonchev–Trinajstić information content (AvgIpc) is 0.777. The van der Waals surface area contributed by atoms with Crippen LogP contribution in [0.5, 0.6) is 0 Å². The van der Waals surface area contributed by atoms with Gasteiger partial charge in [0.15, 0.2) is 0 Å². The molecule has 0 spiro atoms. The van der Waals surface area contributed by atoms with Crippen molar-refractivity contribution in [2.45, 2.75) is 41.5 Å². The normalized spacial score (nSPS) is 10.7. The van der Waals surface area contributed by atoms with Gasteiger partial charge in [-0.15, -0.1) is 0 Å². The van der Waals surface area contributed by atoms with Crippen molar-refractivity contribution in [1.29, 1.82) is 0 Å². The standard InChI is InChI=1S/C44H32N2.C38H32N2.2C20H19N.C18H15B/c1-3-17-37(18-4-1)45(43-23-11-15-35-13-7-9-21-41(35)43)39-29-25-33(26-30-39)34-27-31-40(32-28-34)46(38-19-5-2-6-20-38)44-24-12-16-36-14-8-10-22-42(36)44;1-29-12-11-18-37(28-29)39(33-14-5-3-6-15-33)35-24-20-31(21-25-35)32-22-26-36(27-23-32)40(34-16-7-4-8-17-34)38-19-10-9-13-30(38)2;2*1-16-8-12-19(13-9-16)21(18-6-4-3-5-7-18)20-14-10-17(2)11-15-20;1-4-10-16(11-5-1)19(17-12-6-2-7-13-17)18-14-8-3-9-15-18/h1-32H;3-28H,1-2H3;2*3-15H,1-2H3;1-15H. The lowest BCUT2D eigenvalue weighted by Crippen LogP contribution is -2.51. The monoisotopic (exact) mass is 1890 g/mol. The van der Waals surface area contributed by atoms with Gasteiger partial charge in [0.25, 0.3) is 0 Å². The fraction of sp³-hybridized carbons (Fsp3) is 0.0429. The van der Waals surface area contributed by atoms with Gasteiger partial charge in [0.1, 0.15) is 0 Å². The molecular weight excluding hydrogens is 1780 g/mol. The van der Waals surface area contributed by atoms with Crippen LogP contribution in [0, 0.1) is 41.5 Å². The summed E-state index contributed by atoms with van der Waals surface area (Å²) in [7, 11) is 0. The number of hydrogen-bond donors (Lipinski definition) is 0. The third kappa shape index (κ3) is 24.1. The zero-order valence-corrected chi connectivity index (χ0v) is 83.9. The molecule has 0 radical (unpaired) electrons. The van der Waals surface area contributed by atoms with Crippen molar-refractivity contribution >= 4 is 147 Å². The van der Waals surface area contributed by atoms with Gasteiger partial charge in [0, 0.05) is 102 Å². The second-order valence-corrected chi connectivity index (χ2v) is 36.8. The lowest BCUT2D eigenvalue weighted by atomic mass is 9.37. The van der Waals surface area contributed by atoms with Crippen molar-refractivity contribution < 1.29 is 0 Å². The Morgan fingerprint density at radius 1 is 0.129 bits per heavy atom. The van der Waals surface area contributed by atoms with E-state index in [-0.39, 0.29) is 0 Å². The van der Waals surface area contributed by atoms with Crippen LogP contribution >= 0.6 is 0 Å². The van der Waals surface area contributed by atoms with E-state index in [9.17, 15) is 0 Å². The highest BCUT2D eigenvalue weighted by molar-refractivity contribution is 6.95. The van der Waals surface area contributed by atoms with Crippen LogP contribution in [0.2, 0.25) is 0 Å². The van der Waals surface area contributed by atoms with Gasteiger partial charge in [-0.2, -0.15) is 0 Å². The maximum atomic E-state index is 2.34. The van der Waals surface area contributed by atoms with Gasteiger partial charge in [-0.05, 0) is 286 Å². The molecule has 7 heteroatoms. The van der Waals surface area contributed by atoms with Crippen LogP contribution in [-0.2, 0) is 0 Å². The summed E-state index contributed by atoms with van der Waals surface area (Å²) in [6, 6.07) is 213. The molecule has 0 unspecified atom stereocenters. The zero-order chi connectivity index (χ0) is 100. The topological polar surface area (TPSA) is 19.4 Å². The van der Waals surface area contributed by atoms with Crippen LogP contribution in [-0.4, -0.2) is 6.71 Å². The predicted octanol–water partition coefficient (Wildman–Crippen LogP) is 37.3. The van der Waals surface area contributed by atoms with Gasteiger partial charge in [0.2, 0.25) is 6.71 Å². The van der Waals surface area contributed by atoms with E-state index in [1.807, 2.05) is 12.1 Å². The lowest BCUT2D eigenvalue weighted by molar-refractivity contribution is 1.25. The van der Waals surface area contributed by atoms with Gasteiger partial charge in [-0.1, -0.05) is 439 Å². The highest BCUT2D eigenvalue weighted by Gasteiger charge is 2.24. The predicted molar refractivity (Wildman–Crippen MR) is 632 cm³/mol. The second kappa shape index (κ2) is 47.8. The number of rotatable bonds is 23. The Morgan fingerprint density at radius 2 is 0.320 bits per heavy atom. The summed E-state index contributed by atoms with van der Waals surface area (Å²) in [5.74, 6) is 0. The van der Waals surface area contributed by atoms with Crippen molar-refractivity contribution in [3.63, 3.8) is 0 Å². The lowest BCUT2D eigenvalue weighted by Gasteiger charge is -2.27. The molecule has 0 bridgehead atoms. The number of nitrogens with zero attached hydrogens (tertiary/aromatic N) is 6. The van der Waals surface area contributed by atoms with Gasteiger partial charge >= 0.3 is 0 Å². The van der Waals surface area contributed by atoms with Crippen LogP contribution < -0.4 is 45.8 Å². The first-order valence-corrected chi connectivity index (χ1v) is 50.4. The number of anilines is 18. The summed E-state index contributed by atoms with van der Waals surface area (Å²) in [5.41, 5.74) is 37.1. The SMILES string of the molecule is Cc1ccc(N(c2ccccc2)c2ccc(C)cc2)cc1.Cc1ccc(N(c2ccccc2)c2ccc(C)cc2)cc1.Cc1cccc(N(c2ccccc2)c2ccc(-c3ccc(N(c4ccccc4)c4ccccc4C)cc3)cc2)c1.c1ccc(B(c2ccccc2)c2ccccc2)cc1.c1ccc(N(c2ccc(-c3ccc(N(c4ccccc4)c4cccc5ccccc45)cc3)cc2)c2cccc3ccccc23)cc1. The molecule has 0 atom stereocenters. The minimum Gasteiger partial charge on any atom is -0.311 e. The molecule has 0 N–H and O–H groups in total. The maximum absolute atomic E-state index is 2.34. The maximum Gasteiger partial charge on any atom is 0.241 e. The molecule has 147 heavy (non-hydrogen) atoms. The van der Waals surface area contributed by atoms with E-state index in [0.717, 1.165) is 62.6 Å². The molecule has 23 aromatic rings. The molecule has 0 aliphatic heterocycles. The van der Waals surface area contributed by atoms with Crippen molar-refractivity contribution in [1.82, 2.24) is 0 Å². The molecule has 0 heterocycles. The second-order valence-electron chi connectivity index (χ2n) is 36.8. The van der Waals surface area contributed by atoms with Gasteiger partial charge in [0.05, 0.1) is 11.4 Å². The molecular formula is C140H117BN6. The quantitative estimate of drug-likeness (QED) is 0.0590. The molecule has 6 nitrogen and oxygen atoms in total. The molecule has 710 valence electrons. The van der Waals surface area contributed by atoms with Crippen molar-refractivity contribution in [2.75, 3.05) is 29.4 Å². The minimum atomic E-state index is 0.309. The van der Waals surface area contributed by atoms with E-state index < -0.39 is 0 Å². The van der Waals surface area contributed by atoms with Crippen LogP contribution in [0.3, 0.4) is 0 Å². The summed E-state index contributed by atoms with van der Waals surface area (Å²) < 4.78 is 0. The van der Waals surface area contributed by atoms with E-state index in [0.29, 0.717) is 6.71 Å². The summed E-state index contributed by atoms with van der Waals surface area (Å²) >= 11 is 0. The Kier molecular flexibility index (Phi) is 31.6. The summed E-state index contributed by atoms with van der Waals surface area (Å²) in [4.78, 5) is 13.9. The largest absolute Gasteiger partial charge is 0.311 e. The van der Waals surface area contributed by atoms with E-state index in [2.05, 4.69) is 659 Å². The van der Waals surface area contributed by atoms with Crippen molar-refractivity contribution in [3.05, 3.63) is 634 Å². The van der Waals surface area contributed by atoms with E-state index in [4.69, 9.17) is 0 Å². The van der Waals surface area contributed by atoms with E-state index >= 15 is 0 Å². The Balaban J connectivity index is 0.000000122. The Bertz CT molecular complexity index is 7580. The molecule has 23 aromatic carbocycles. The molecule has 0 aliphatic carbocycles. The van der Waals surface area contributed by atoms with Crippen LogP contribution in [0.15, 0.2) is 601 Å². The Morgan fingerprint density at radius 3 is 0.599 bits per heavy atom. The number of benzene rings is 23. The first-order valence-electron chi connectivity index (χ1n) is 50.4. The first-order chi connectivity index (χ1) is 72.4. The Labute approximate surface area is 868 Å². The van der Waals surface area contributed by atoms with Crippen molar-refractivity contribution in [2.24, 2.45) is 0 Å². The summed E-state index contributed by atoms with van der Waals surface area (Å²) in [5, 5.41) is 4.90. The smallest absolute Gasteiger partial charge is 0.241 e. The molecule has 0 fully saturated rings. The summed E-state index contributed by atoms with van der Waals surface area (Å²) in [6.45, 7) is 13.1. The first kappa shape index (κ1) is 97.3. The fourth-order valence-corrected chi connectivity index (χ4v) is 19.0.